The molecule has 3 rings (SSSR count). The average Bonchev–Trinajstić information content (AvgIpc) is 3.06. The molecule has 0 fully saturated rings. The highest BCUT2D eigenvalue weighted by atomic mass is 16.5. The minimum Gasteiger partial charge on any atom is -0.497 e. The highest BCUT2D eigenvalue weighted by molar-refractivity contribution is 6.06. The van der Waals surface area contributed by atoms with E-state index in [0.29, 0.717) is 22.7 Å². The zero-order valence-corrected chi connectivity index (χ0v) is 11.9. The van der Waals surface area contributed by atoms with E-state index in [1.165, 1.54) is 6.08 Å². The van der Waals surface area contributed by atoms with E-state index in [1.54, 1.807) is 43.8 Å². The summed E-state index contributed by atoms with van der Waals surface area (Å²) < 4.78 is 10.4. The van der Waals surface area contributed by atoms with Crippen LogP contribution in [0.4, 0.5) is 5.69 Å². The molecule has 0 atom stereocenters. The van der Waals surface area contributed by atoms with Crippen molar-refractivity contribution in [2.24, 2.45) is 0 Å². The Hall–Kier alpha value is -3.08. The number of ether oxygens (including phenoxy) is 1. The zero-order valence-electron chi connectivity index (χ0n) is 11.9. The van der Waals surface area contributed by atoms with E-state index in [2.05, 4.69) is 10.3 Å². The minimum atomic E-state index is -0.267. The maximum absolute atomic E-state index is 12.0. The van der Waals surface area contributed by atoms with Crippen LogP contribution in [0, 0.1) is 0 Å². The molecule has 5 nitrogen and oxygen atoms in total. The Morgan fingerprint density at radius 2 is 2.23 bits per heavy atom. The summed E-state index contributed by atoms with van der Waals surface area (Å²) in [4.78, 5) is 16.3. The predicted octanol–water partition coefficient (Wildman–Crippen LogP) is 3.49. The molecule has 0 bridgehead atoms. The second-order valence-corrected chi connectivity index (χ2v) is 4.59. The van der Waals surface area contributed by atoms with Crippen LogP contribution < -0.4 is 10.1 Å². The molecule has 1 N–H and O–H groups in total. The number of benzene rings is 1. The van der Waals surface area contributed by atoms with Gasteiger partial charge in [0.05, 0.1) is 24.6 Å². The molecule has 0 radical (unpaired) electrons. The number of pyridine rings is 1. The molecule has 22 heavy (non-hydrogen) atoms. The Balaban J connectivity index is 1.88. The van der Waals surface area contributed by atoms with Crippen LogP contribution in [0.25, 0.3) is 17.0 Å². The number of amides is 1. The number of nitrogens with one attached hydrogen (secondary N) is 1. The number of hydrogen-bond acceptors (Lipinski definition) is 4. The van der Waals surface area contributed by atoms with Gasteiger partial charge in [-0.2, -0.15) is 0 Å². The summed E-state index contributed by atoms with van der Waals surface area (Å²) in [6, 6.07) is 10.9. The third kappa shape index (κ3) is 2.98. The Labute approximate surface area is 127 Å². The lowest BCUT2D eigenvalue weighted by Crippen LogP contribution is -2.08. The Bertz CT molecular complexity index is 823. The Kier molecular flexibility index (Phi) is 3.87. The molecule has 1 amide bonds. The van der Waals surface area contributed by atoms with Crippen molar-refractivity contribution in [2.45, 2.75) is 0 Å². The van der Waals surface area contributed by atoms with Crippen molar-refractivity contribution in [2.75, 3.05) is 12.4 Å². The molecule has 0 saturated carbocycles. The van der Waals surface area contributed by atoms with E-state index in [1.807, 2.05) is 18.2 Å². The third-order valence-corrected chi connectivity index (χ3v) is 3.11. The van der Waals surface area contributed by atoms with E-state index in [9.17, 15) is 4.79 Å². The van der Waals surface area contributed by atoms with Crippen LogP contribution >= 0.6 is 0 Å². The van der Waals surface area contributed by atoms with Crippen LogP contribution in [-0.2, 0) is 4.79 Å². The van der Waals surface area contributed by atoms with Gasteiger partial charge < -0.3 is 14.5 Å². The van der Waals surface area contributed by atoms with Crippen molar-refractivity contribution < 1.29 is 13.9 Å². The van der Waals surface area contributed by atoms with Gasteiger partial charge in [-0.3, -0.25) is 9.78 Å². The molecule has 0 spiro atoms. The summed E-state index contributed by atoms with van der Waals surface area (Å²) in [6.07, 6.45) is 6.25. The van der Waals surface area contributed by atoms with Gasteiger partial charge >= 0.3 is 0 Å². The maximum atomic E-state index is 12.0. The van der Waals surface area contributed by atoms with Gasteiger partial charge in [-0.1, -0.05) is 6.07 Å². The number of anilines is 1. The van der Waals surface area contributed by atoms with Crippen LogP contribution in [-0.4, -0.2) is 18.0 Å². The summed E-state index contributed by atoms with van der Waals surface area (Å²) >= 11 is 0. The second kappa shape index (κ2) is 6.13. The van der Waals surface area contributed by atoms with Crippen molar-refractivity contribution in [3.63, 3.8) is 0 Å². The Morgan fingerprint density at radius 1 is 1.32 bits per heavy atom. The molecule has 110 valence electrons. The lowest BCUT2D eigenvalue weighted by molar-refractivity contribution is -0.111. The van der Waals surface area contributed by atoms with Crippen molar-refractivity contribution in [1.29, 1.82) is 0 Å². The number of rotatable bonds is 4. The summed E-state index contributed by atoms with van der Waals surface area (Å²) in [5, 5.41) is 3.71. The van der Waals surface area contributed by atoms with Gasteiger partial charge in [0.2, 0.25) is 5.91 Å². The SMILES string of the molecule is COc1cc(NC(=O)/C=C/c2ccco2)c2ncccc2c1. The molecule has 0 saturated heterocycles. The first kappa shape index (κ1) is 13.9. The Morgan fingerprint density at radius 3 is 3.00 bits per heavy atom. The fraction of sp³-hybridized carbons (Fsp3) is 0.0588. The average molecular weight is 294 g/mol. The van der Waals surface area contributed by atoms with E-state index < -0.39 is 0 Å². The standard InChI is InChI=1S/C17H14N2O3/c1-21-14-10-12-4-2-8-18-17(12)15(11-14)19-16(20)7-6-13-5-3-9-22-13/h2-11H,1H3,(H,19,20)/b7-6+. The normalized spacial score (nSPS) is 11.0. The van der Waals surface area contributed by atoms with Crippen molar-refractivity contribution in [3.8, 4) is 5.75 Å². The molecular formula is C17H14N2O3. The number of fused-ring (bicyclic) bond motifs is 1. The van der Waals surface area contributed by atoms with Crippen molar-refractivity contribution in [1.82, 2.24) is 4.98 Å². The highest BCUT2D eigenvalue weighted by Crippen LogP contribution is 2.27. The number of carbonyl (C=O) groups excluding carboxylic acids is 1. The molecule has 5 heteroatoms. The number of furan rings is 1. The monoisotopic (exact) mass is 294 g/mol. The molecule has 2 heterocycles. The fourth-order valence-corrected chi connectivity index (χ4v) is 2.10. The molecular weight excluding hydrogens is 280 g/mol. The fourth-order valence-electron chi connectivity index (χ4n) is 2.10. The van der Waals surface area contributed by atoms with Crippen LogP contribution in [0.5, 0.6) is 5.75 Å². The molecule has 3 aromatic rings. The molecule has 2 aromatic heterocycles. The summed E-state index contributed by atoms with van der Waals surface area (Å²) in [5.74, 6) is 1.01. The van der Waals surface area contributed by atoms with Crippen molar-refractivity contribution in [3.05, 3.63) is 60.7 Å². The van der Waals surface area contributed by atoms with E-state index >= 15 is 0 Å². The van der Waals surface area contributed by atoms with Crippen LogP contribution in [0.3, 0.4) is 0 Å². The molecule has 0 unspecified atom stereocenters. The van der Waals surface area contributed by atoms with Gasteiger partial charge in [0.1, 0.15) is 11.5 Å². The molecule has 0 aliphatic heterocycles. The lowest BCUT2D eigenvalue weighted by atomic mass is 10.1. The first-order valence-corrected chi connectivity index (χ1v) is 6.71. The number of hydrogen-bond donors (Lipinski definition) is 1. The van der Waals surface area contributed by atoms with Crippen LogP contribution in [0.1, 0.15) is 5.76 Å². The van der Waals surface area contributed by atoms with Crippen LogP contribution in [0.15, 0.2) is 59.4 Å². The predicted molar refractivity (Wildman–Crippen MR) is 84.7 cm³/mol. The number of carbonyl (C=O) groups is 1. The summed E-state index contributed by atoms with van der Waals surface area (Å²) in [6.45, 7) is 0. The smallest absolute Gasteiger partial charge is 0.248 e. The number of nitrogens with zero attached hydrogens (tertiary/aromatic N) is 1. The second-order valence-electron chi connectivity index (χ2n) is 4.59. The van der Waals surface area contributed by atoms with E-state index in [4.69, 9.17) is 9.15 Å². The third-order valence-electron chi connectivity index (χ3n) is 3.11. The highest BCUT2D eigenvalue weighted by Gasteiger charge is 2.07. The van der Waals surface area contributed by atoms with Crippen LogP contribution in [0.2, 0.25) is 0 Å². The van der Waals surface area contributed by atoms with Gasteiger partial charge in [-0.15, -0.1) is 0 Å². The summed E-state index contributed by atoms with van der Waals surface area (Å²) in [5.41, 5.74) is 1.31. The minimum absolute atomic E-state index is 0.267. The lowest BCUT2D eigenvalue weighted by Gasteiger charge is -2.09. The van der Waals surface area contributed by atoms with Gasteiger partial charge in [0.15, 0.2) is 0 Å². The first-order chi connectivity index (χ1) is 10.8. The quantitative estimate of drug-likeness (QED) is 0.748. The van der Waals surface area contributed by atoms with Gasteiger partial charge in [-0.05, 0) is 30.3 Å². The van der Waals surface area contributed by atoms with E-state index in [0.717, 1.165) is 5.39 Å². The summed E-state index contributed by atoms with van der Waals surface area (Å²) in [7, 11) is 1.58. The largest absolute Gasteiger partial charge is 0.497 e. The molecule has 1 aromatic carbocycles. The first-order valence-electron chi connectivity index (χ1n) is 6.71. The van der Waals surface area contributed by atoms with E-state index in [-0.39, 0.29) is 5.91 Å². The molecule has 0 aliphatic carbocycles. The maximum Gasteiger partial charge on any atom is 0.248 e. The van der Waals surface area contributed by atoms with Gasteiger partial charge in [0.25, 0.3) is 0 Å². The zero-order chi connectivity index (χ0) is 15.4. The number of aromatic nitrogens is 1. The van der Waals surface area contributed by atoms with Gasteiger partial charge in [0, 0.05) is 23.7 Å². The topological polar surface area (TPSA) is 64.4 Å². The van der Waals surface area contributed by atoms with Crippen molar-refractivity contribution >= 4 is 28.6 Å². The van der Waals surface area contributed by atoms with Gasteiger partial charge in [-0.25, -0.2) is 0 Å². The molecule has 0 aliphatic rings. The number of methoxy groups -OCH3 is 1.